The van der Waals surface area contributed by atoms with Crippen molar-refractivity contribution in [1.29, 1.82) is 5.26 Å². The number of rotatable bonds is 6. The zero-order valence-electron chi connectivity index (χ0n) is 16.5. The number of ether oxygens (including phenoxy) is 1. The highest BCUT2D eigenvalue weighted by Gasteiger charge is 2.15. The van der Waals surface area contributed by atoms with Gasteiger partial charge in [0.25, 0.3) is 5.91 Å². The van der Waals surface area contributed by atoms with Crippen LogP contribution >= 0.6 is 34.8 Å². The molecule has 0 heterocycles. The molecule has 0 unspecified atom stereocenters. The molecule has 0 saturated carbocycles. The number of nitriles is 1. The van der Waals surface area contributed by atoms with E-state index in [2.05, 4.69) is 5.32 Å². The number of nitrogens with one attached hydrogen (secondary N) is 1. The third-order valence-corrected chi connectivity index (χ3v) is 5.06. The highest BCUT2D eigenvalue weighted by atomic mass is 35.5. The minimum absolute atomic E-state index is 0.116. The molecule has 0 aliphatic rings. The van der Waals surface area contributed by atoms with Crippen molar-refractivity contribution in [3.05, 3.63) is 98.0 Å². The molecule has 7 heteroatoms. The van der Waals surface area contributed by atoms with Crippen molar-refractivity contribution >= 4 is 52.5 Å². The zero-order valence-corrected chi connectivity index (χ0v) is 18.7. The minimum Gasteiger partial charge on any atom is -0.487 e. The van der Waals surface area contributed by atoms with E-state index in [9.17, 15) is 10.1 Å². The fraction of sp³-hybridized carbons (Fsp3) is 0.0833. The fourth-order valence-corrected chi connectivity index (χ4v) is 3.41. The summed E-state index contributed by atoms with van der Waals surface area (Å²) < 4.78 is 5.89. The molecule has 0 aromatic heterocycles. The smallest absolute Gasteiger partial charge is 0.266 e. The van der Waals surface area contributed by atoms with Gasteiger partial charge in [0, 0.05) is 21.3 Å². The summed E-state index contributed by atoms with van der Waals surface area (Å²) in [5.41, 5.74) is 2.82. The lowest BCUT2D eigenvalue weighted by Crippen LogP contribution is -2.13. The molecule has 0 atom stereocenters. The third-order valence-electron chi connectivity index (χ3n) is 4.31. The van der Waals surface area contributed by atoms with Crippen molar-refractivity contribution in [1.82, 2.24) is 0 Å². The van der Waals surface area contributed by atoms with Gasteiger partial charge in [0.1, 0.15) is 24.0 Å². The summed E-state index contributed by atoms with van der Waals surface area (Å²) >= 11 is 18.4. The molecule has 0 radical (unpaired) electrons. The van der Waals surface area contributed by atoms with Gasteiger partial charge < -0.3 is 10.1 Å². The topological polar surface area (TPSA) is 62.1 Å². The molecule has 1 amide bonds. The summed E-state index contributed by atoms with van der Waals surface area (Å²) in [5.74, 6) is -0.233. The Labute approximate surface area is 195 Å². The molecule has 3 aromatic rings. The lowest BCUT2D eigenvalue weighted by atomic mass is 10.1. The van der Waals surface area contributed by atoms with Crippen LogP contribution in [0.15, 0.2) is 66.2 Å². The largest absolute Gasteiger partial charge is 0.487 e. The third kappa shape index (κ3) is 6.26. The monoisotopic (exact) mass is 470 g/mol. The van der Waals surface area contributed by atoms with Crippen LogP contribution in [0.3, 0.4) is 0 Å². The number of hydrogen-bond acceptors (Lipinski definition) is 3. The van der Waals surface area contributed by atoms with E-state index in [1.807, 2.05) is 37.3 Å². The first-order valence-corrected chi connectivity index (χ1v) is 10.3. The predicted molar refractivity (Wildman–Crippen MR) is 126 cm³/mol. The number of amides is 1. The predicted octanol–water partition coefficient (Wildman–Crippen LogP) is 7.08. The average molecular weight is 472 g/mol. The van der Waals surface area contributed by atoms with Crippen LogP contribution in [0.25, 0.3) is 6.08 Å². The Balaban J connectivity index is 1.87. The van der Waals surface area contributed by atoms with Crippen molar-refractivity contribution < 1.29 is 9.53 Å². The molecule has 0 spiro atoms. The number of aryl methyl sites for hydroxylation is 1. The quantitative estimate of drug-likeness (QED) is 0.308. The Morgan fingerprint density at radius 3 is 2.35 bits per heavy atom. The van der Waals surface area contributed by atoms with Crippen molar-refractivity contribution in [2.24, 2.45) is 0 Å². The van der Waals surface area contributed by atoms with E-state index in [-0.39, 0.29) is 17.2 Å². The second kappa shape index (κ2) is 10.4. The standard InChI is InChI=1S/C24H17Cl3N2O2/c1-15-2-8-21(9-3-15)29-24(30)18(13-28)10-17-11-20(26)12-22(27)23(17)31-14-16-4-6-19(25)7-5-16/h2-12H,14H2,1H3,(H,29,30)/b18-10+. The molecule has 0 fully saturated rings. The van der Waals surface area contributed by atoms with Gasteiger partial charge in [-0.2, -0.15) is 5.26 Å². The fourth-order valence-electron chi connectivity index (χ4n) is 2.72. The van der Waals surface area contributed by atoms with Crippen LogP contribution in [0.5, 0.6) is 5.75 Å². The summed E-state index contributed by atoms with van der Waals surface area (Å²) in [6.07, 6.45) is 1.40. The first-order valence-electron chi connectivity index (χ1n) is 9.22. The lowest BCUT2D eigenvalue weighted by molar-refractivity contribution is -0.112. The van der Waals surface area contributed by atoms with Gasteiger partial charge in [-0.25, -0.2) is 0 Å². The van der Waals surface area contributed by atoms with Gasteiger partial charge in [-0.1, -0.05) is 64.6 Å². The van der Waals surface area contributed by atoms with Crippen LogP contribution in [0.2, 0.25) is 15.1 Å². The summed E-state index contributed by atoms with van der Waals surface area (Å²) in [6, 6.07) is 19.5. The Hall–Kier alpha value is -2.97. The van der Waals surface area contributed by atoms with E-state index in [0.29, 0.717) is 27.0 Å². The maximum Gasteiger partial charge on any atom is 0.266 e. The zero-order chi connectivity index (χ0) is 22.4. The SMILES string of the molecule is Cc1ccc(NC(=O)/C(C#N)=C/c2cc(Cl)cc(Cl)c2OCc2ccc(Cl)cc2)cc1. The van der Waals surface area contributed by atoms with Crippen molar-refractivity contribution in [3.63, 3.8) is 0 Å². The van der Waals surface area contributed by atoms with Gasteiger partial charge in [-0.05, 0) is 55.0 Å². The average Bonchev–Trinajstić information content (AvgIpc) is 2.74. The van der Waals surface area contributed by atoms with E-state index >= 15 is 0 Å². The molecule has 3 aromatic carbocycles. The van der Waals surface area contributed by atoms with Crippen LogP contribution in [-0.2, 0) is 11.4 Å². The van der Waals surface area contributed by atoms with E-state index in [1.165, 1.54) is 12.1 Å². The summed E-state index contributed by atoms with van der Waals surface area (Å²) in [6.45, 7) is 2.16. The minimum atomic E-state index is -0.550. The number of anilines is 1. The second-order valence-electron chi connectivity index (χ2n) is 6.71. The molecule has 1 N–H and O–H groups in total. The van der Waals surface area contributed by atoms with Crippen molar-refractivity contribution in [3.8, 4) is 11.8 Å². The number of carbonyl (C=O) groups is 1. The highest BCUT2D eigenvalue weighted by Crippen LogP contribution is 2.34. The van der Waals surface area contributed by atoms with Gasteiger partial charge in [0.05, 0.1) is 5.02 Å². The van der Waals surface area contributed by atoms with E-state index in [4.69, 9.17) is 39.5 Å². The maximum absolute atomic E-state index is 12.6. The molecule has 4 nitrogen and oxygen atoms in total. The summed E-state index contributed by atoms with van der Waals surface area (Å²) in [7, 11) is 0. The number of halogens is 3. The number of carbonyl (C=O) groups excluding carboxylic acids is 1. The van der Waals surface area contributed by atoms with Gasteiger partial charge in [-0.15, -0.1) is 0 Å². The molecule has 0 saturated heterocycles. The Kier molecular flexibility index (Phi) is 7.59. The molecule has 3 rings (SSSR count). The van der Waals surface area contributed by atoms with Crippen molar-refractivity contribution in [2.75, 3.05) is 5.32 Å². The van der Waals surface area contributed by atoms with Crippen molar-refractivity contribution in [2.45, 2.75) is 13.5 Å². The van der Waals surface area contributed by atoms with E-state index < -0.39 is 5.91 Å². The van der Waals surface area contributed by atoms with E-state index in [0.717, 1.165) is 11.1 Å². The number of benzene rings is 3. The van der Waals surface area contributed by atoms with Crippen LogP contribution in [0.1, 0.15) is 16.7 Å². The number of hydrogen-bond donors (Lipinski definition) is 1. The Bertz CT molecular complexity index is 1170. The maximum atomic E-state index is 12.6. The van der Waals surface area contributed by atoms with Gasteiger partial charge in [0.15, 0.2) is 0 Å². The Morgan fingerprint density at radius 2 is 1.71 bits per heavy atom. The molecule has 0 bridgehead atoms. The van der Waals surface area contributed by atoms with Crippen LogP contribution < -0.4 is 10.1 Å². The first kappa shape index (κ1) is 22.7. The molecule has 0 aliphatic carbocycles. The second-order valence-corrected chi connectivity index (χ2v) is 7.99. The molecule has 31 heavy (non-hydrogen) atoms. The summed E-state index contributed by atoms with van der Waals surface area (Å²) in [5, 5.41) is 13.5. The summed E-state index contributed by atoms with van der Waals surface area (Å²) in [4.78, 5) is 12.6. The lowest BCUT2D eigenvalue weighted by Gasteiger charge is -2.13. The van der Waals surface area contributed by atoms with Crippen LogP contribution in [0, 0.1) is 18.3 Å². The molecule has 0 aliphatic heterocycles. The van der Waals surface area contributed by atoms with E-state index in [1.54, 1.807) is 30.3 Å². The molecular formula is C24H17Cl3N2O2. The first-order chi connectivity index (χ1) is 14.9. The Morgan fingerprint density at radius 1 is 1.03 bits per heavy atom. The van der Waals surface area contributed by atoms with Gasteiger partial charge in [-0.3, -0.25) is 4.79 Å². The van der Waals surface area contributed by atoms with Crippen LogP contribution in [-0.4, -0.2) is 5.91 Å². The highest BCUT2D eigenvalue weighted by molar-refractivity contribution is 6.36. The van der Waals surface area contributed by atoms with Gasteiger partial charge >= 0.3 is 0 Å². The number of nitrogens with zero attached hydrogens (tertiary/aromatic N) is 1. The molecule has 156 valence electrons. The normalized spacial score (nSPS) is 11.0. The van der Waals surface area contributed by atoms with Gasteiger partial charge in [0.2, 0.25) is 0 Å². The van der Waals surface area contributed by atoms with Crippen LogP contribution in [0.4, 0.5) is 5.69 Å². The molecular weight excluding hydrogens is 455 g/mol.